The highest BCUT2D eigenvalue weighted by molar-refractivity contribution is 7.92. The zero-order chi connectivity index (χ0) is 22.7. The van der Waals surface area contributed by atoms with Crippen LogP contribution in [0.1, 0.15) is 18.5 Å². The van der Waals surface area contributed by atoms with Crippen molar-refractivity contribution in [3.8, 4) is 5.75 Å². The first-order valence-corrected chi connectivity index (χ1v) is 11.5. The van der Waals surface area contributed by atoms with Gasteiger partial charge < -0.3 is 15.4 Å². The van der Waals surface area contributed by atoms with Gasteiger partial charge in [-0.25, -0.2) is 13.4 Å². The van der Waals surface area contributed by atoms with E-state index in [0.717, 1.165) is 17.2 Å². The first-order valence-electron chi connectivity index (χ1n) is 10.0. The topological polar surface area (TPSA) is 127 Å². The largest absolute Gasteiger partial charge is 0.497 e. The van der Waals surface area contributed by atoms with Gasteiger partial charge in [-0.3, -0.25) is 14.5 Å². The van der Waals surface area contributed by atoms with E-state index in [1.54, 1.807) is 42.3 Å². The lowest BCUT2D eigenvalue weighted by atomic mass is 10.1. The van der Waals surface area contributed by atoms with Gasteiger partial charge in [0.2, 0.25) is 5.91 Å². The fourth-order valence-electron chi connectivity index (χ4n) is 3.48. The maximum atomic E-state index is 13.1. The molecule has 0 aliphatic carbocycles. The van der Waals surface area contributed by atoms with Crippen molar-refractivity contribution in [1.29, 1.82) is 0 Å². The maximum Gasteiger partial charge on any atom is 0.261 e. The number of aromatic nitrogens is 1. The lowest BCUT2D eigenvalue weighted by Crippen LogP contribution is -2.27. The average molecular weight is 454 g/mol. The minimum Gasteiger partial charge on any atom is -0.497 e. The molecule has 1 aromatic heterocycles. The highest BCUT2D eigenvalue weighted by Crippen LogP contribution is 2.25. The summed E-state index contributed by atoms with van der Waals surface area (Å²) in [6.07, 6.45) is 2.79. The molecule has 1 aliphatic rings. The number of nitrogens with zero attached hydrogens (tertiary/aromatic N) is 3. The van der Waals surface area contributed by atoms with E-state index in [1.165, 1.54) is 12.3 Å². The molecule has 0 radical (unpaired) electrons. The molecule has 1 amide bonds. The summed E-state index contributed by atoms with van der Waals surface area (Å²) in [5.74, 6) is 0.706. The Morgan fingerprint density at radius 1 is 1.22 bits per heavy atom. The second kappa shape index (κ2) is 8.83. The smallest absolute Gasteiger partial charge is 0.261 e. The van der Waals surface area contributed by atoms with E-state index in [4.69, 9.17) is 10.5 Å². The lowest BCUT2D eigenvalue weighted by Gasteiger charge is -2.14. The minimum absolute atomic E-state index is 0.0245. The van der Waals surface area contributed by atoms with Crippen LogP contribution in [0.5, 0.6) is 5.75 Å². The van der Waals surface area contributed by atoms with Gasteiger partial charge in [-0.05, 0) is 53.6 Å². The normalized spacial score (nSPS) is 14.7. The van der Waals surface area contributed by atoms with E-state index in [2.05, 4.69) is 14.7 Å². The number of aliphatic imine (C=N–C) groups is 1. The maximum absolute atomic E-state index is 13.1. The van der Waals surface area contributed by atoms with Crippen molar-refractivity contribution in [2.45, 2.75) is 17.7 Å². The summed E-state index contributed by atoms with van der Waals surface area (Å²) in [6, 6.07) is 13.5. The van der Waals surface area contributed by atoms with Crippen molar-refractivity contribution in [3.05, 3.63) is 60.4 Å². The Bertz CT molecular complexity index is 1310. The van der Waals surface area contributed by atoms with Crippen LogP contribution in [0.4, 0.5) is 5.69 Å². The molecule has 3 aromatic rings. The molecular formula is C22H23N5O4S. The summed E-state index contributed by atoms with van der Waals surface area (Å²) in [5, 5.41) is 1.62. The molecule has 0 unspecified atom stereocenters. The average Bonchev–Trinajstić information content (AvgIpc) is 3.21. The number of ether oxygens (including phenoxy) is 1. The van der Waals surface area contributed by atoms with E-state index < -0.39 is 10.0 Å². The summed E-state index contributed by atoms with van der Waals surface area (Å²) >= 11 is 0. The molecule has 1 fully saturated rings. The molecule has 3 N–H and O–H groups in total. The Morgan fingerprint density at radius 2 is 2.03 bits per heavy atom. The number of methoxy groups -OCH3 is 1. The van der Waals surface area contributed by atoms with Gasteiger partial charge in [0.25, 0.3) is 10.0 Å². The van der Waals surface area contributed by atoms with Crippen LogP contribution in [0, 0.1) is 0 Å². The molecular weight excluding hydrogens is 430 g/mol. The molecule has 1 saturated heterocycles. The predicted octanol–water partition coefficient (Wildman–Crippen LogP) is 2.33. The highest BCUT2D eigenvalue weighted by atomic mass is 32.2. The number of benzene rings is 2. The summed E-state index contributed by atoms with van der Waals surface area (Å²) in [6.45, 7) is 0.740. The van der Waals surface area contributed by atoms with Crippen molar-refractivity contribution in [3.63, 3.8) is 0 Å². The molecule has 0 atom stereocenters. The van der Waals surface area contributed by atoms with Gasteiger partial charge in [0.05, 0.1) is 17.7 Å². The molecule has 2 aromatic carbocycles. The number of likely N-dealkylation sites (tertiary alicyclic amines) is 1. The fourth-order valence-corrected chi connectivity index (χ4v) is 4.58. The Kier molecular flexibility index (Phi) is 5.95. The SMILES string of the molecule is COc1ccc2ccc(S(=O)(=O)Nc3cccnc3C(N)=NCN3CCCC3=O)cc2c1. The molecule has 10 heteroatoms. The zero-order valence-corrected chi connectivity index (χ0v) is 18.3. The Balaban J connectivity index is 1.61. The second-order valence-electron chi connectivity index (χ2n) is 7.33. The number of pyridine rings is 1. The van der Waals surface area contributed by atoms with Gasteiger partial charge in [-0.1, -0.05) is 12.1 Å². The third-order valence-electron chi connectivity index (χ3n) is 5.21. The van der Waals surface area contributed by atoms with E-state index >= 15 is 0 Å². The number of carbonyl (C=O) groups excluding carboxylic acids is 1. The van der Waals surface area contributed by atoms with Gasteiger partial charge in [0.15, 0.2) is 0 Å². The number of sulfonamides is 1. The summed E-state index contributed by atoms with van der Waals surface area (Å²) in [5.41, 5.74) is 6.48. The molecule has 166 valence electrons. The number of nitrogens with two attached hydrogens (primary N) is 1. The number of amidine groups is 1. The molecule has 9 nitrogen and oxygen atoms in total. The summed E-state index contributed by atoms with van der Waals surface area (Å²) < 4.78 is 33.9. The molecule has 1 aliphatic heterocycles. The quantitative estimate of drug-likeness (QED) is 0.418. The minimum atomic E-state index is -3.93. The van der Waals surface area contributed by atoms with Crippen LogP contribution < -0.4 is 15.2 Å². The van der Waals surface area contributed by atoms with Crippen molar-refractivity contribution in [2.75, 3.05) is 25.0 Å². The van der Waals surface area contributed by atoms with Crippen LogP contribution in [0.3, 0.4) is 0 Å². The number of hydrogen-bond donors (Lipinski definition) is 2. The first kappa shape index (κ1) is 21.6. The van der Waals surface area contributed by atoms with Gasteiger partial charge in [0, 0.05) is 19.2 Å². The number of rotatable bonds is 7. The monoisotopic (exact) mass is 453 g/mol. The van der Waals surface area contributed by atoms with Crippen molar-refractivity contribution >= 4 is 38.2 Å². The van der Waals surface area contributed by atoms with E-state index in [9.17, 15) is 13.2 Å². The van der Waals surface area contributed by atoms with Crippen LogP contribution in [0.15, 0.2) is 64.6 Å². The Hall–Kier alpha value is -3.66. The number of fused-ring (bicyclic) bond motifs is 1. The standard InChI is InChI=1S/C22H23N5O4S/c1-31-17-8-6-15-7-9-18(13-16(15)12-17)32(29,30)26-19-4-2-10-24-21(19)22(23)25-14-27-11-3-5-20(27)28/h2,4,6-10,12-13,26H,3,5,11,14H2,1H3,(H2,23,25). The molecule has 2 heterocycles. The number of anilines is 1. The van der Waals surface area contributed by atoms with Crippen molar-refractivity contribution < 1.29 is 17.9 Å². The number of hydrogen-bond acceptors (Lipinski definition) is 6. The second-order valence-corrected chi connectivity index (χ2v) is 9.01. The highest BCUT2D eigenvalue weighted by Gasteiger charge is 2.21. The number of nitrogens with one attached hydrogen (secondary N) is 1. The summed E-state index contributed by atoms with van der Waals surface area (Å²) in [7, 11) is -2.37. The van der Waals surface area contributed by atoms with Crippen LogP contribution in [0.2, 0.25) is 0 Å². The number of amides is 1. The fraction of sp³-hybridized carbons (Fsp3) is 0.227. The van der Waals surface area contributed by atoms with E-state index in [1.807, 2.05) is 12.1 Å². The van der Waals surface area contributed by atoms with E-state index in [0.29, 0.717) is 18.7 Å². The van der Waals surface area contributed by atoms with Gasteiger partial charge >= 0.3 is 0 Å². The van der Waals surface area contributed by atoms with Gasteiger partial charge in [-0.2, -0.15) is 0 Å². The molecule has 0 saturated carbocycles. The first-order chi connectivity index (χ1) is 15.4. The Morgan fingerprint density at radius 3 is 2.78 bits per heavy atom. The Labute approximate surface area is 186 Å². The zero-order valence-electron chi connectivity index (χ0n) is 17.5. The predicted molar refractivity (Wildman–Crippen MR) is 122 cm³/mol. The van der Waals surface area contributed by atoms with Crippen molar-refractivity contribution in [2.24, 2.45) is 10.7 Å². The molecule has 0 spiro atoms. The molecule has 32 heavy (non-hydrogen) atoms. The van der Waals surface area contributed by atoms with E-state index in [-0.39, 0.29) is 34.7 Å². The van der Waals surface area contributed by atoms with Crippen LogP contribution in [-0.4, -0.2) is 50.4 Å². The van der Waals surface area contributed by atoms with Gasteiger partial charge in [-0.15, -0.1) is 0 Å². The van der Waals surface area contributed by atoms with Crippen LogP contribution >= 0.6 is 0 Å². The van der Waals surface area contributed by atoms with Crippen LogP contribution in [0.25, 0.3) is 10.8 Å². The molecule has 0 bridgehead atoms. The van der Waals surface area contributed by atoms with Crippen molar-refractivity contribution in [1.82, 2.24) is 9.88 Å². The third kappa shape index (κ3) is 4.50. The van der Waals surface area contributed by atoms with Crippen LogP contribution in [-0.2, 0) is 14.8 Å². The molecule has 4 rings (SSSR count). The van der Waals surface area contributed by atoms with Gasteiger partial charge in [0.1, 0.15) is 23.9 Å². The number of carbonyl (C=O) groups is 1. The third-order valence-corrected chi connectivity index (χ3v) is 6.57. The summed E-state index contributed by atoms with van der Waals surface area (Å²) in [4.78, 5) is 21.9. The lowest BCUT2D eigenvalue weighted by molar-refractivity contribution is -0.127.